The number of pyridine rings is 1. The molecule has 1 atom stereocenters. The van der Waals surface area contributed by atoms with Gasteiger partial charge in [0.1, 0.15) is 5.60 Å². The summed E-state index contributed by atoms with van der Waals surface area (Å²) in [6.45, 7) is 9.57. The Kier molecular flexibility index (Phi) is 8.06. The molecule has 3 amide bonds. The van der Waals surface area contributed by atoms with Crippen molar-refractivity contribution in [3.05, 3.63) is 24.0 Å². The Morgan fingerprint density at radius 2 is 1.94 bits per heavy atom. The topological polar surface area (TPSA) is 113 Å². The van der Waals surface area contributed by atoms with Crippen LogP contribution in [0.2, 0.25) is 0 Å². The van der Waals surface area contributed by atoms with E-state index in [1.54, 1.807) is 17.3 Å². The molecule has 0 bridgehead atoms. The molecule has 2 fully saturated rings. The molecule has 2 aliphatic rings. The molecule has 3 rings (SSSR count). The molecule has 1 aromatic heterocycles. The zero-order valence-electron chi connectivity index (χ0n) is 19.3. The van der Waals surface area contributed by atoms with E-state index >= 15 is 0 Å². The monoisotopic (exact) mass is 445 g/mol. The minimum atomic E-state index is -0.459. The van der Waals surface area contributed by atoms with E-state index in [2.05, 4.69) is 20.9 Å². The van der Waals surface area contributed by atoms with Crippen molar-refractivity contribution in [3.63, 3.8) is 0 Å². The first-order chi connectivity index (χ1) is 15.2. The van der Waals surface area contributed by atoms with Crippen LogP contribution in [0, 0.1) is 5.92 Å². The average Bonchev–Trinajstić information content (AvgIpc) is 2.73. The first kappa shape index (κ1) is 24.0. The number of nitrogens with zero attached hydrogens (tertiary/aromatic N) is 2. The summed E-state index contributed by atoms with van der Waals surface area (Å²) in [5.74, 6) is -0.243. The van der Waals surface area contributed by atoms with Crippen LogP contribution in [0.3, 0.4) is 0 Å². The third-order valence-electron chi connectivity index (χ3n) is 5.73. The average molecular weight is 446 g/mol. The third kappa shape index (κ3) is 7.19. The van der Waals surface area contributed by atoms with E-state index in [4.69, 9.17) is 4.74 Å². The number of likely N-dealkylation sites (tertiary alicyclic amines) is 1. The second-order valence-electron chi connectivity index (χ2n) is 9.55. The Morgan fingerprint density at radius 3 is 2.62 bits per heavy atom. The fourth-order valence-corrected chi connectivity index (χ4v) is 4.00. The van der Waals surface area contributed by atoms with Crippen molar-refractivity contribution in [2.45, 2.75) is 58.0 Å². The van der Waals surface area contributed by atoms with E-state index in [0.29, 0.717) is 18.8 Å². The summed E-state index contributed by atoms with van der Waals surface area (Å²) in [5.41, 5.74) is 1.23. The number of carbonyl (C=O) groups excluding carboxylic acids is 3. The van der Waals surface area contributed by atoms with Crippen LogP contribution in [-0.4, -0.2) is 66.1 Å². The number of hydrogen-bond donors (Lipinski definition) is 3. The molecule has 0 saturated carbocycles. The van der Waals surface area contributed by atoms with Gasteiger partial charge in [-0.25, -0.2) is 4.79 Å². The van der Waals surface area contributed by atoms with Crippen LogP contribution in [-0.2, 0) is 14.3 Å². The van der Waals surface area contributed by atoms with Gasteiger partial charge in [-0.2, -0.15) is 0 Å². The highest BCUT2D eigenvalue weighted by Gasteiger charge is 2.28. The van der Waals surface area contributed by atoms with Gasteiger partial charge in [-0.15, -0.1) is 0 Å². The summed E-state index contributed by atoms with van der Waals surface area (Å²) in [6, 6.07) is 1.93. The van der Waals surface area contributed by atoms with Crippen molar-refractivity contribution < 1.29 is 19.1 Å². The fraction of sp³-hybridized carbons (Fsp3) is 0.652. The van der Waals surface area contributed by atoms with Crippen LogP contribution in [0.15, 0.2) is 18.5 Å². The lowest BCUT2D eigenvalue weighted by atomic mass is 9.91. The molecule has 2 saturated heterocycles. The lowest BCUT2D eigenvalue weighted by Crippen LogP contribution is -2.43. The van der Waals surface area contributed by atoms with Gasteiger partial charge < -0.3 is 20.3 Å². The number of ether oxygens (including phenoxy) is 1. The standard InChI is InChI=1S/C23H35N5O4/c1-23(2,3)32-22(31)28-10-6-16(7-11-28)13-24-8-9-26-18-12-17(14-25-15-18)19-4-5-20(29)27-21(19)30/h12,14-16,19,24,26H,4-11,13H2,1-3H3,(H,27,29,30). The van der Waals surface area contributed by atoms with Crippen molar-refractivity contribution in [2.24, 2.45) is 5.92 Å². The fourth-order valence-electron chi connectivity index (χ4n) is 4.00. The van der Waals surface area contributed by atoms with Crippen molar-refractivity contribution in [3.8, 4) is 0 Å². The second kappa shape index (κ2) is 10.8. The Morgan fingerprint density at radius 1 is 1.19 bits per heavy atom. The van der Waals surface area contributed by atoms with Crippen LogP contribution >= 0.6 is 0 Å². The number of amides is 3. The van der Waals surface area contributed by atoms with Crippen LogP contribution in [0.5, 0.6) is 0 Å². The number of carbonyl (C=O) groups is 3. The summed E-state index contributed by atoms with van der Waals surface area (Å²) >= 11 is 0. The number of piperidine rings is 2. The van der Waals surface area contributed by atoms with Gasteiger partial charge >= 0.3 is 6.09 Å². The zero-order valence-corrected chi connectivity index (χ0v) is 19.3. The van der Waals surface area contributed by atoms with Crippen LogP contribution < -0.4 is 16.0 Å². The molecule has 0 aromatic carbocycles. The molecule has 3 N–H and O–H groups in total. The van der Waals surface area contributed by atoms with Crippen molar-refractivity contribution in [1.29, 1.82) is 0 Å². The Balaban J connectivity index is 1.33. The van der Waals surface area contributed by atoms with Gasteiger partial charge in [0.2, 0.25) is 11.8 Å². The van der Waals surface area contributed by atoms with Crippen molar-refractivity contribution >= 4 is 23.6 Å². The molecule has 0 spiro atoms. The predicted molar refractivity (Wildman–Crippen MR) is 121 cm³/mol. The maximum Gasteiger partial charge on any atom is 0.410 e. The molecule has 2 aliphatic heterocycles. The number of imide groups is 1. The van der Waals surface area contributed by atoms with E-state index in [1.807, 2.05) is 26.8 Å². The lowest BCUT2D eigenvalue weighted by Gasteiger charge is -2.33. The molecule has 1 aromatic rings. The van der Waals surface area contributed by atoms with Crippen LogP contribution in [0.4, 0.5) is 10.5 Å². The van der Waals surface area contributed by atoms with E-state index in [-0.39, 0.29) is 23.8 Å². The molecular weight excluding hydrogens is 410 g/mol. The van der Waals surface area contributed by atoms with Crippen LogP contribution in [0.25, 0.3) is 0 Å². The number of aromatic nitrogens is 1. The van der Waals surface area contributed by atoms with Gasteiger partial charge in [-0.3, -0.25) is 19.9 Å². The molecule has 0 radical (unpaired) electrons. The van der Waals surface area contributed by atoms with Gasteiger partial charge in [0.15, 0.2) is 0 Å². The van der Waals surface area contributed by atoms with E-state index in [0.717, 1.165) is 56.8 Å². The van der Waals surface area contributed by atoms with Crippen molar-refractivity contribution in [2.75, 3.05) is 38.0 Å². The highest BCUT2D eigenvalue weighted by molar-refractivity contribution is 6.00. The molecule has 3 heterocycles. The van der Waals surface area contributed by atoms with Gasteiger partial charge in [0.05, 0.1) is 11.6 Å². The van der Waals surface area contributed by atoms with Gasteiger partial charge in [-0.05, 0) is 64.1 Å². The quantitative estimate of drug-likeness (QED) is 0.436. The largest absolute Gasteiger partial charge is 0.444 e. The predicted octanol–water partition coefficient (Wildman–Crippen LogP) is 2.25. The molecule has 1 unspecified atom stereocenters. The second-order valence-corrected chi connectivity index (χ2v) is 9.55. The highest BCUT2D eigenvalue weighted by Crippen LogP contribution is 2.25. The van der Waals surface area contributed by atoms with E-state index in [9.17, 15) is 14.4 Å². The molecule has 0 aliphatic carbocycles. The summed E-state index contributed by atoms with van der Waals surface area (Å²) < 4.78 is 5.45. The number of hydrogen-bond acceptors (Lipinski definition) is 7. The smallest absolute Gasteiger partial charge is 0.410 e. The lowest BCUT2D eigenvalue weighted by molar-refractivity contribution is -0.134. The first-order valence-corrected chi connectivity index (χ1v) is 11.4. The Hall–Kier alpha value is -2.68. The third-order valence-corrected chi connectivity index (χ3v) is 5.73. The summed E-state index contributed by atoms with van der Waals surface area (Å²) in [6.07, 6.45) is 6.02. The Bertz CT molecular complexity index is 815. The van der Waals surface area contributed by atoms with Crippen molar-refractivity contribution in [1.82, 2.24) is 20.5 Å². The molecular formula is C23H35N5O4. The van der Waals surface area contributed by atoms with Gasteiger partial charge in [0, 0.05) is 45.0 Å². The molecule has 9 heteroatoms. The van der Waals surface area contributed by atoms with Crippen LogP contribution in [0.1, 0.15) is 57.9 Å². The maximum absolute atomic E-state index is 12.1. The minimum absolute atomic E-state index is 0.213. The number of nitrogens with one attached hydrogen (secondary N) is 3. The summed E-state index contributed by atoms with van der Waals surface area (Å²) in [5, 5.41) is 9.21. The number of anilines is 1. The highest BCUT2D eigenvalue weighted by atomic mass is 16.6. The summed E-state index contributed by atoms with van der Waals surface area (Å²) in [7, 11) is 0. The summed E-state index contributed by atoms with van der Waals surface area (Å²) in [4.78, 5) is 41.6. The zero-order chi connectivity index (χ0) is 23.1. The molecule has 176 valence electrons. The molecule has 9 nitrogen and oxygen atoms in total. The Labute approximate surface area is 189 Å². The minimum Gasteiger partial charge on any atom is -0.444 e. The van der Waals surface area contributed by atoms with Gasteiger partial charge in [-0.1, -0.05) is 0 Å². The first-order valence-electron chi connectivity index (χ1n) is 11.4. The maximum atomic E-state index is 12.1. The van der Waals surface area contributed by atoms with Gasteiger partial charge in [0.25, 0.3) is 0 Å². The number of rotatable bonds is 7. The van der Waals surface area contributed by atoms with E-state index in [1.165, 1.54) is 0 Å². The van der Waals surface area contributed by atoms with E-state index < -0.39 is 5.60 Å². The molecule has 32 heavy (non-hydrogen) atoms. The SMILES string of the molecule is CC(C)(C)OC(=O)N1CCC(CNCCNc2cncc(C3CCC(=O)NC3=O)c2)CC1. The normalized spacial score (nSPS) is 20.1.